The lowest BCUT2D eigenvalue weighted by molar-refractivity contribution is 0.0934. The number of benzene rings is 1. The quantitative estimate of drug-likeness (QED) is 0.888. The molecule has 5 nitrogen and oxygen atoms in total. The SMILES string of the molecule is CCC(C)NC(=O)c1cc(Nc2cccc(C)c2C)ncn1. The highest BCUT2D eigenvalue weighted by molar-refractivity contribution is 5.93. The van der Waals surface area contributed by atoms with Crippen molar-refractivity contribution in [1.82, 2.24) is 15.3 Å². The van der Waals surface area contributed by atoms with E-state index in [2.05, 4.69) is 40.5 Å². The third-order valence-electron chi connectivity index (χ3n) is 3.76. The summed E-state index contributed by atoms with van der Waals surface area (Å²) in [5.74, 6) is 0.429. The molecule has 0 saturated heterocycles. The first-order chi connectivity index (χ1) is 10.5. The van der Waals surface area contributed by atoms with Crippen molar-refractivity contribution in [3.63, 3.8) is 0 Å². The Kier molecular flexibility index (Phi) is 5.09. The summed E-state index contributed by atoms with van der Waals surface area (Å²) in [4.78, 5) is 20.3. The zero-order valence-corrected chi connectivity index (χ0v) is 13.5. The molecule has 0 saturated carbocycles. The lowest BCUT2D eigenvalue weighted by Gasteiger charge is -2.13. The molecular formula is C17H22N4O. The number of nitrogens with zero attached hydrogens (tertiary/aromatic N) is 2. The van der Waals surface area contributed by atoms with Crippen molar-refractivity contribution in [3.05, 3.63) is 47.4 Å². The largest absolute Gasteiger partial charge is 0.348 e. The van der Waals surface area contributed by atoms with E-state index in [9.17, 15) is 4.79 Å². The van der Waals surface area contributed by atoms with Gasteiger partial charge < -0.3 is 10.6 Å². The van der Waals surface area contributed by atoms with E-state index in [1.54, 1.807) is 6.07 Å². The van der Waals surface area contributed by atoms with Crippen molar-refractivity contribution in [3.8, 4) is 0 Å². The number of carbonyl (C=O) groups excluding carboxylic acids is 1. The molecule has 1 unspecified atom stereocenters. The standard InChI is InChI=1S/C17H22N4O/c1-5-12(3)20-17(22)15-9-16(19-10-18-15)21-14-8-6-7-11(2)13(14)4/h6-10,12H,5H2,1-4H3,(H,20,22)(H,18,19,21). The molecule has 2 N–H and O–H groups in total. The maximum absolute atomic E-state index is 12.1. The monoisotopic (exact) mass is 298 g/mol. The van der Waals surface area contributed by atoms with Crippen LogP contribution in [0.4, 0.5) is 11.5 Å². The Hall–Kier alpha value is -2.43. The van der Waals surface area contributed by atoms with Crippen molar-refractivity contribution in [2.45, 2.75) is 40.2 Å². The lowest BCUT2D eigenvalue weighted by atomic mass is 10.1. The number of hydrogen-bond acceptors (Lipinski definition) is 4. The van der Waals surface area contributed by atoms with Gasteiger partial charge in [0.15, 0.2) is 0 Å². The Morgan fingerprint density at radius 3 is 2.77 bits per heavy atom. The lowest BCUT2D eigenvalue weighted by Crippen LogP contribution is -2.32. The van der Waals surface area contributed by atoms with Crippen LogP contribution in [0, 0.1) is 13.8 Å². The number of nitrogens with one attached hydrogen (secondary N) is 2. The van der Waals surface area contributed by atoms with Crippen LogP contribution < -0.4 is 10.6 Å². The van der Waals surface area contributed by atoms with E-state index in [1.165, 1.54) is 11.9 Å². The molecule has 0 radical (unpaired) electrons. The normalized spacial score (nSPS) is 11.8. The van der Waals surface area contributed by atoms with E-state index in [4.69, 9.17) is 0 Å². The smallest absolute Gasteiger partial charge is 0.270 e. The van der Waals surface area contributed by atoms with Crippen LogP contribution in [0.1, 0.15) is 41.9 Å². The number of rotatable bonds is 5. The van der Waals surface area contributed by atoms with E-state index in [0.29, 0.717) is 11.5 Å². The fourth-order valence-corrected chi connectivity index (χ4v) is 1.97. The highest BCUT2D eigenvalue weighted by Crippen LogP contribution is 2.21. The van der Waals surface area contributed by atoms with Crippen molar-refractivity contribution >= 4 is 17.4 Å². The van der Waals surface area contributed by atoms with Gasteiger partial charge in [-0.3, -0.25) is 4.79 Å². The van der Waals surface area contributed by atoms with Crippen molar-refractivity contribution in [2.24, 2.45) is 0 Å². The fraction of sp³-hybridized carbons (Fsp3) is 0.353. The molecule has 0 aliphatic rings. The van der Waals surface area contributed by atoms with Crippen LogP contribution in [0.3, 0.4) is 0 Å². The third kappa shape index (κ3) is 3.81. The van der Waals surface area contributed by atoms with Crippen LogP contribution in [0.5, 0.6) is 0 Å². The van der Waals surface area contributed by atoms with E-state index in [0.717, 1.165) is 17.7 Å². The second kappa shape index (κ2) is 7.02. The molecule has 0 bridgehead atoms. The average Bonchev–Trinajstić information content (AvgIpc) is 2.52. The van der Waals surface area contributed by atoms with Gasteiger partial charge in [0.25, 0.3) is 5.91 Å². The number of aryl methyl sites for hydroxylation is 1. The summed E-state index contributed by atoms with van der Waals surface area (Å²) in [5, 5.41) is 6.14. The minimum absolute atomic E-state index is 0.123. The first-order valence-electron chi connectivity index (χ1n) is 7.47. The summed E-state index contributed by atoms with van der Waals surface area (Å²) in [6, 6.07) is 7.83. The Labute approximate surface area is 131 Å². The highest BCUT2D eigenvalue weighted by atomic mass is 16.1. The Morgan fingerprint density at radius 1 is 1.27 bits per heavy atom. The predicted octanol–water partition coefficient (Wildman–Crippen LogP) is 3.37. The molecule has 0 spiro atoms. The molecule has 0 aliphatic carbocycles. The number of amides is 1. The minimum atomic E-state index is -0.180. The zero-order valence-electron chi connectivity index (χ0n) is 13.5. The molecule has 22 heavy (non-hydrogen) atoms. The van der Waals surface area contributed by atoms with Crippen molar-refractivity contribution in [2.75, 3.05) is 5.32 Å². The molecule has 5 heteroatoms. The second-order valence-corrected chi connectivity index (χ2v) is 5.44. The molecule has 1 aromatic heterocycles. The Balaban J connectivity index is 2.18. The summed E-state index contributed by atoms with van der Waals surface area (Å²) in [6.45, 7) is 8.10. The van der Waals surface area contributed by atoms with Gasteiger partial charge in [0.2, 0.25) is 0 Å². The molecule has 0 fully saturated rings. The number of aromatic nitrogens is 2. The van der Waals surface area contributed by atoms with Gasteiger partial charge in [-0.1, -0.05) is 19.1 Å². The fourth-order valence-electron chi connectivity index (χ4n) is 1.97. The van der Waals surface area contributed by atoms with Gasteiger partial charge in [0.05, 0.1) is 0 Å². The van der Waals surface area contributed by atoms with E-state index >= 15 is 0 Å². The Bertz CT molecular complexity index is 669. The van der Waals surface area contributed by atoms with Gasteiger partial charge in [-0.25, -0.2) is 9.97 Å². The molecule has 116 valence electrons. The van der Waals surface area contributed by atoms with Gasteiger partial charge >= 0.3 is 0 Å². The number of hydrogen-bond donors (Lipinski definition) is 2. The maximum atomic E-state index is 12.1. The van der Waals surface area contributed by atoms with Gasteiger partial charge in [-0.15, -0.1) is 0 Å². The first-order valence-corrected chi connectivity index (χ1v) is 7.47. The van der Waals surface area contributed by atoms with Crippen molar-refractivity contribution < 1.29 is 4.79 Å². The van der Waals surface area contributed by atoms with Gasteiger partial charge in [-0.2, -0.15) is 0 Å². The predicted molar refractivity (Wildman–Crippen MR) is 88.4 cm³/mol. The molecule has 0 aliphatic heterocycles. The molecule has 2 rings (SSSR count). The number of carbonyl (C=O) groups is 1. The van der Waals surface area contributed by atoms with E-state index in [-0.39, 0.29) is 11.9 Å². The summed E-state index contributed by atoms with van der Waals surface area (Å²) >= 11 is 0. The summed E-state index contributed by atoms with van der Waals surface area (Å²) in [6.07, 6.45) is 2.28. The van der Waals surface area contributed by atoms with Crippen LogP contribution in [-0.4, -0.2) is 21.9 Å². The van der Waals surface area contributed by atoms with Gasteiger partial charge in [-0.05, 0) is 44.4 Å². The Morgan fingerprint density at radius 2 is 2.05 bits per heavy atom. The average molecular weight is 298 g/mol. The van der Waals surface area contributed by atoms with Crippen molar-refractivity contribution in [1.29, 1.82) is 0 Å². The third-order valence-corrected chi connectivity index (χ3v) is 3.76. The molecule has 1 amide bonds. The van der Waals surface area contributed by atoms with Crippen LogP contribution in [-0.2, 0) is 0 Å². The number of anilines is 2. The molecular weight excluding hydrogens is 276 g/mol. The molecule has 2 aromatic rings. The second-order valence-electron chi connectivity index (χ2n) is 5.44. The summed E-state index contributed by atoms with van der Waals surface area (Å²) in [7, 11) is 0. The minimum Gasteiger partial charge on any atom is -0.348 e. The topological polar surface area (TPSA) is 66.9 Å². The zero-order chi connectivity index (χ0) is 16.1. The maximum Gasteiger partial charge on any atom is 0.270 e. The van der Waals surface area contributed by atoms with Crippen LogP contribution in [0.2, 0.25) is 0 Å². The van der Waals surface area contributed by atoms with E-state index < -0.39 is 0 Å². The molecule has 1 heterocycles. The molecule has 1 aromatic carbocycles. The highest BCUT2D eigenvalue weighted by Gasteiger charge is 2.11. The first kappa shape index (κ1) is 15.9. The van der Waals surface area contributed by atoms with Gasteiger partial charge in [0.1, 0.15) is 17.8 Å². The van der Waals surface area contributed by atoms with Crippen LogP contribution in [0.15, 0.2) is 30.6 Å². The molecule has 1 atom stereocenters. The summed E-state index contributed by atoms with van der Waals surface area (Å²) < 4.78 is 0. The van der Waals surface area contributed by atoms with Crippen LogP contribution in [0.25, 0.3) is 0 Å². The van der Waals surface area contributed by atoms with Gasteiger partial charge in [0, 0.05) is 17.8 Å². The van der Waals surface area contributed by atoms with Crippen LogP contribution >= 0.6 is 0 Å². The van der Waals surface area contributed by atoms with E-state index in [1.807, 2.05) is 26.0 Å². The summed E-state index contributed by atoms with van der Waals surface area (Å²) in [5.41, 5.74) is 3.70.